The molecule has 0 N–H and O–H groups in total. The van der Waals surface area contributed by atoms with E-state index in [1.54, 1.807) is 0 Å². The Morgan fingerprint density at radius 3 is 2.53 bits per heavy atom. The van der Waals surface area contributed by atoms with Crippen molar-refractivity contribution in [2.45, 2.75) is 20.8 Å². The van der Waals surface area contributed by atoms with Crippen molar-refractivity contribution in [1.29, 1.82) is 0 Å². The van der Waals surface area contributed by atoms with Crippen LogP contribution in [0.1, 0.15) is 16.7 Å². The number of aryl methyl sites for hydroxylation is 1. The van der Waals surface area contributed by atoms with Gasteiger partial charge in [-0.3, -0.25) is 0 Å². The molecule has 0 aromatic heterocycles. The predicted octanol–water partition coefficient (Wildman–Crippen LogP) is 4.29. The van der Waals surface area contributed by atoms with Crippen LogP contribution in [-0.4, -0.2) is 0 Å². The van der Waals surface area contributed by atoms with Gasteiger partial charge in [0.15, 0.2) is 11.5 Å². The Bertz CT molecular complexity index is 602. The van der Waals surface area contributed by atoms with E-state index < -0.39 is 0 Å². The van der Waals surface area contributed by atoms with Gasteiger partial charge in [-0.2, -0.15) is 0 Å². The molecule has 0 spiro atoms. The summed E-state index contributed by atoms with van der Waals surface area (Å²) in [4.78, 5) is 0. The summed E-state index contributed by atoms with van der Waals surface area (Å²) in [6.45, 7) is 6.33. The van der Waals surface area contributed by atoms with E-state index >= 15 is 0 Å². The highest BCUT2D eigenvalue weighted by atomic mass is 16.5. The standard InChI is InChI=1S/C15H14NO/c1-9-8-14-15(11(3)10(9)2)16-12-6-4-5-7-13(12)17-14/h4-8H,1-3H3. The van der Waals surface area contributed by atoms with Crippen LogP contribution in [0.15, 0.2) is 30.3 Å². The van der Waals surface area contributed by atoms with Gasteiger partial charge in [-0.1, -0.05) is 12.1 Å². The second-order valence-electron chi connectivity index (χ2n) is 4.47. The second-order valence-corrected chi connectivity index (χ2v) is 4.47. The van der Waals surface area contributed by atoms with Crippen LogP contribution in [0.4, 0.5) is 11.4 Å². The molecule has 1 heterocycles. The Morgan fingerprint density at radius 2 is 1.71 bits per heavy atom. The number of ether oxygens (including phenoxy) is 1. The lowest BCUT2D eigenvalue weighted by atomic mass is 10.0. The van der Waals surface area contributed by atoms with E-state index in [1.165, 1.54) is 16.7 Å². The first-order valence-electron chi connectivity index (χ1n) is 5.76. The van der Waals surface area contributed by atoms with Crippen LogP contribution in [0.5, 0.6) is 11.5 Å². The van der Waals surface area contributed by atoms with E-state index in [0.29, 0.717) is 0 Å². The lowest BCUT2D eigenvalue weighted by Gasteiger charge is -2.23. The first kappa shape index (κ1) is 10.2. The molecule has 1 radical (unpaired) electrons. The molecule has 2 aromatic rings. The second kappa shape index (κ2) is 3.52. The molecule has 0 bridgehead atoms. The topological polar surface area (TPSA) is 23.3 Å². The average molecular weight is 224 g/mol. The summed E-state index contributed by atoms with van der Waals surface area (Å²) >= 11 is 0. The summed E-state index contributed by atoms with van der Waals surface area (Å²) in [5.41, 5.74) is 5.61. The maximum absolute atomic E-state index is 5.90. The van der Waals surface area contributed by atoms with Crippen molar-refractivity contribution in [2.24, 2.45) is 0 Å². The van der Waals surface area contributed by atoms with E-state index in [9.17, 15) is 0 Å². The Hall–Kier alpha value is -1.96. The first-order valence-corrected chi connectivity index (χ1v) is 5.76. The van der Waals surface area contributed by atoms with Crippen LogP contribution >= 0.6 is 0 Å². The number of para-hydroxylation sites is 2. The van der Waals surface area contributed by atoms with Gasteiger partial charge in [-0.25, -0.2) is 5.32 Å². The lowest BCUT2D eigenvalue weighted by molar-refractivity contribution is 0.470. The van der Waals surface area contributed by atoms with Gasteiger partial charge in [0.2, 0.25) is 0 Å². The Labute approximate surface area is 101 Å². The summed E-state index contributed by atoms with van der Waals surface area (Å²) in [5.74, 6) is 1.70. The zero-order valence-electron chi connectivity index (χ0n) is 10.2. The van der Waals surface area contributed by atoms with E-state index in [-0.39, 0.29) is 0 Å². The van der Waals surface area contributed by atoms with Crippen molar-refractivity contribution in [3.63, 3.8) is 0 Å². The highest BCUT2D eigenvalue weighted by Crippen LogP contribution is 2.44. The zero-order valence-corrected chi connectivity index (χ0v) is 10.2. The predicted molar refractivity (Wildman–Crippen MR) is 68.6 cm³/mol. The summed E-state index contributed by atoms with van der Waals surface area (Å²) in [5, 5.41) is 4.69. The smallest absolute Gasteiger partial charge is 0.153 e. The third kappa shape index (κ3) is 1.48. The molecule has 3 rings (SSSR count). The molecule has 2 aromatic carbocycles. The van der Waals surface area contributed by atoms with Gasteiger partial charge in [0.05, 0.1) is 0 Å². The molecular weight excluding hydrogens is 210 g/mol. The summed E-state index contributed by atoms with van der Waals surface area (Å²) < 4.78 is 5.90. The van der Waals surface area contributed by atoms with E-state index in [2.05, 4.69) is 32.2 Å². The fraction of sp³-hybridized carbons (Fsp3) is 0.200. The molecule has 0 saturated carbocycles. The maximum atomic E-state index is 5.90. The Morgan fingerprint density at radius 1 is 0.941 bits per heavy atom. The summed E-state index contributed by atoms with van der Waals surface area (Å²) in [6.07, 6.45) is 0. The highest BCUT2D eigenvalue weighted by molar-refractivity contribution is 5.72. The minimum absolute atomic E-state index is 0.836. The molecule has 0 aliphatic carbocycles. The number of nitrogens with zero attached hydrogens (tertiary/aromatic N) is 1. The fourth-order valence-corrected chi connectivity index (χ4v) is 2.12. The van der Waals surface area contributed by atoms with Gasteiger partial charge in [-0.15, -0.1) is 0 Å². The zero-order chi connectivity index (χ0) is 12.0. The molecule has 0 amide bonds. The van der Waals surface area contributed by atoms with Crippen LogP contribution < -0.4 is 10.1 Å². The third-order valence-electron chi connectivity index (χ3n) is 3.41. The van der Waals surface area contributed by atoms with Gasteiger partial charge in [0, 0.05) is 0 Å². The molecule has 1 aliphatic heterocycles. The number of hydrogen-bond acceptors (Lipinski definition) is 1. The van der Waals surface area contributed by atoms with Crippen LogP contribution in [0.3, 0.4) is 0 Å². The SMILES string of the molecule is Cc1cc2c(c(C)c1C)[N]c1ccccc1O2. The molecule has 17 heavy (non-hydrogen) atoms. The number of hydrogen-bond donors (Lipinski definition) is 0. The van der Waals surface area contributed by atoms with Gasteiger partial charge in [-0.05, 0) is 55.7 Å². The number of fused-ring (bicyclic) bond motifs is 2. The minimum Gasteiger partial charge on any atom is -0.453 e. The molecule has 0 atom stereocenters. The molecule has 0 fully saturated rings. The van der Waals surface area contributed by atoms with Gasteiger partial charge in [0.25, 0.3) is 0 Å². The molecule has 1 aliphatic rings. The van der Waals surface area contributed by atoms with Gasteiger partial charge >= 0.3 is 0 Å². The lowest BCUT2D eigenvalue weighted by Crippen LogP contribution is -2.05. The monoisotopic (exact) mass is 224 g/mol. The van der Waals surface area contributed by atoms with Crippen LogP contribution in [0.25, 0.3) is 0 Å². The Kier molecular flexibility index (Phi) is 2.11. The Balaban J connectivity index is 2.18. The molecular formula is C15H14NO. The van der Waals surface area contributed by atoms with E-state index in [4.69, 9.17) is 4.74 Å². The normalized spacial score (nSPS) is 12.2. The fourth-order valence-electron chi connectivity index (χ4n) is 2.12. The van der Waals surface area contributed by atoms with Gasteiger partial charge < -0.3 is 4.74 Å². The molecule has 0 unspecified atom stereocenters. The van der Waals surface area contributed by atoms with E-state index in [0.717, 1.165) is 22.9 Å². The minimum atomic E-state index is 0.836. The van der Waals surface area contributed by atoms with Crippen molar-refractivity contribution in [1.82, 2.24) is 5.32 Å². The van der Waals surface area contributed by atoms with Crippen LogP contribution in [-0.2, 0) is 0 Å². The quantitative estimate of drug-likeness (QED) is 0.558. The largest absolute Gasteiger partial charge is 0.453 e. The average Bonchev–Trinajstić information content (AvgIpc) is 2.34. The van der Waals surface area contributed by atoms with Crippen LogP contribution in [0, 0.1) is 20.8 Å². The van der Waals surface area contributed by atoms with Crippen molar-refractivity contribution in [3.8, 4) is 11.5 Å². The molecule has 0 saturated heterocycles. The first-order chi connectivity index (χ1) is 8.16. The van der Waals surface area contributed by atoms with Crippen molar-refractivity contribution in [3.05, 3.63) is 47.0 Å². The van der Waals surface area contributed by atoms with Gasteiger partial charge in [0.1, 0.15) is 11.4 Å². The molecule has 2 heteroatoms. The van der Waals surface area contributed by atoms with Crippen LogP contribution in [0.2, 0.25) is 0 Å². The van der Waals surface area contributed by atoms with Crippen molar-refractivity contribution < 1.29 is 4.74 Å². The van der Waals surface area contributed by atoms with E-state index in [1.807, 2.05) is 24.3 Å². The molecule has 2 nitrogen and oxygen atoms in total. The third-order valence-corrected chi connectivity index (χ3v) is 3.41. The van der Waals surface area contributed by atoms with Crippen molar-refractivity contribution in [2.75, 3.05) is 0 Å². The number of rotatable bonds is 0. The summed E-state index contributed by atoms with van der Waals surface area (Å²) in [6, 6.07) is 9.94. The molecule has 85 valence electrons. The van der Waals surface area contributed by atoms with Crippen molar-refractivity contribution >= 4 is 11.4 Å². The maximum Gasteiger partial charge on any atom is 0.153 e. The highest BCUT2D eigenvalue weighted by Gasteiger charge is 2.21. The summed E-state index contributed by atoms with van der Waals surface area (Å²) in [7, 11) is 0. The number of benzene rings is 2.